The van der Waals surface area contributed by atoms with Gasteiger partial charge < -0.3 is 19.5 Å². The molecule has 128 valence electrons. The molecule has 24 heavy (non-hydrogen) atoms. The predicted octanol–water partition coefficient (Wildman–Crippen LogP) is 3.53. The molecule has 5 nitrogen and oxygen atoms in total. The quantitative estimate of drug-likeness (QED) is 0.844. The molecule has 0 aromatic heterocycles. The van der Waals surface area contributed by atoms with Crippen LogP contribution in [0.5, 0.6) is 17.2 Å². The molecular formula is C19H23NO4. The van der Waals surface area contributed by atoms with Crippen LogP contribution in [-0.2, 0) is 11.2 Å². The van der Waals surface area contributed by atoms with Gasteiger partial charge in [0.05, 0.1) is 21.3 Å². The number of amides is 1. The molecule has 0 heterocycles. The van der Waals surface area contributed by atoms with Gasteiger partial charge in [-0.1, -0.05) is 13.0 Å². The van der Waals surface area contributed by atoms with Gasteiger partial charge in [0.1, 0.15) is 5.75 Å². The summed E-state index contributed by atoms with van der Waals surface area (Å²) in [5, 5.41) is 2.91. The van der Waals surface area contributed by atoms with E-state index in [0.29, 0.717) is 17.9 Å². The molecule has 0 aliphatic heterocycles. The number of nitrogens with one attached hydrogen (secondary N) is 1. The number of ether oxygens (including phenoxy) is 3. The van der Waals surface area contributed by atoms with E-state index in [9.17, 15) is 4.79 Å². The molecule has 0 saturated heterocycles. The molecule has 2 rings (SSSR count). The number of methoxy groups -OCH3 is 3. The van der Waals surface area contributed by atoms with Gasteiger partial charge in [-0.3, -0.25) is 4.79 Å². The first kappa shape index (κ1) is 17.7. The zero-order chi connectivity index (χ0) is 17.5. The average Bonchev–Trinajstić information content (AvgIpc) is 2.62. The van der Waals surface area contributed by atoms with E-state index in [4.69, 9.17) is 14.2 Å². The Morgan fingerprint density at radius 1 is 0.958 bits per heavy atom. The Labute approximate surface area is 142 Å². The summed E-state index contributed by atoms with van der Waals surface area (Å²) in [5.74, 6) is 1.89. The van der Waals surface area contributed by atoms with E-state index in [1.807, 2.05) is 49.4 Å². The van der Waals surface area contributed by atoms with Gasteiger partial charge in [-0.05, 0) is 48.4 Å². The lowest BCUT2D eigenvalue weighted by Crippen LogP contribution is -2.22. The van der Waals surface area contributed by atoms with Crippen LogP contribution in [0.2, 0.25) is 0 Å². The topological polar surface area (TPSA) is 56.8 Å². The number of rotatable bonds is 7. The predicted molar refractivity (Wildman–Crippen MR) is 94.0 cm³/mol. The molecule has 0 spiro atoms. The summed E-state index contributed by atoms with van der Waals surface area (Å²) in [4.78, 5) is 12.4. The molecular weight excluding hydrogens is 306 g/mol. The van der Waals surface area contributed by atoms with E-state index in [-0.39, 0.29) is 11.8 Å². The van der Waals surface area contributed by atoms with Crippen LogP contribution < -0.4 is 19.5 Å². The fourth-order valence-electron chi connectivity index (χ4n) is 2.39. The smallest absolute Gasteiger partial charge is 0.227 e. The van der Waals surface area contributed by atoms with Gasteiger partial charge in [-0.25, -0.2) is 0 Å². The lowest BCUT2D eigenvalue weighted by molar-refractivity contribution is -0.119. The SMILES string of the molecule is COc1ccc(NC(=O)C(C)Cc2ccc(OC)c(OC)c2)cc1. The molecule has 5 heteroatoms. The summed E-state index contributed by atoms with van der Waals surface area (Å²) >= 11 is 0. The molecule has 1 unspecified atom stereocenters. The zero-order valence-corrected chi connectivity index (χ0v) is 14.5. The Kier molecular flexibility index (Phi) is 6.07. The van der Waals surface area contributed by atoms with Gasteiger partial charge in [0.25, 0.3) is 0 Å². The van der Waals surface area contributed by atoms with E-state index >= 15 is 0 Å². The minimum Gasteiger partial charge on any atom is -0.497 e. The number of carbonyl (C=O) groups is 1. The van der Waals surface area contributed by atoms with Gasteiger partial charge in [0.15, 0.2) is 11.5 Å². The Morgan fingerprint density at radius 3 is 2.21 bits per heavy atom. The Bertz CT molecular complexity index is 682. The maximum absolute atomic E-state index is 12.4. The molecule has 0 aliphatic carbocycles. The molecule has 1 N–H and O–H groups in total. The van der Waals surface area contributed by atoms with Crippen LogP contribution in [0.15, 0.2) is 42.5 Å². The number of benzene rings is 2. The van der Waals surface area contributed by atoms with Crippen LogP contribution in [0.3, 0.4) is 0 Å². The molecule has 2 aromatic carbocycles. The Morgan fingerprint density at radius 2 is 1.62 bits per heavy atom. The maximum Gasteiger partial charge on any atom is 0.227 e. The molecule has 0 radical (unpaired) electrons. The number of hydrogen-bond acceptors (Lipinski definition) is 4. The first-order valence-electron chi connectivity index (χ1n) is 7.73. The van der Waals surface area contributed by atoms with E-state index in [2.05, 4.69) is 5.32 Å². The highest BCUT2D eigenvalue weighted by Crippen LogP contribution is 2.28. The normalized spacial score (nSPS) is 11.5. The third kappa shape index (κ3) is 4.41. The third-order valence-electron chi connectivity index (χ3n) is 3.79. The monoisotopic (exact) mass is 329 g/mol. The minimum atomic E-state index is -0.176. The molecule has 0 aliphatic rings. The maximum atomic E-state index is 12.4. The summed E-state index contributed by atoms with van der Waals surface area (Å²) in [7, 11) is 4.81. The number of anilines is 1. The molecule has 2 aromatic rings. The summed E-state index contributed by atoms with van der Waals surface area (Å²) in [6.07, 6.45) is 0.613. The molecule has 1 amide bonds. The molecule has 0 bridgehead atoms. The van der Waals surface area contributed by atoms with Crippen molar-refractivity contribution in [2.75, 3.05) is 26.6 Å². The lowest BCUT2D eigenvalue weighted by atomic mass is 10.00. The highest BCUT2D eigenvalue weighted by molar-refractivity contribution is 5.92. The minimum absolute atomic E-state index is 0.0325. The van der Waals surface area contributed by atoms with Crippen molar-refractivity contribution in [2.45, 2.75) is 13.3 Å². The Hall–Kier alpha value is -2.69. The fraction of sp³-hybridized carbons (Fsp3) is 0.316. The lowest BCUT2D eigenvalue weighted by Gasteiger charge is -2.14. The number of hydrogen-bond donors (Lipinski definition) is 1. The van der Waals surface area contributed by atoms with E-state index in [0.717, 1.165) is 17.0 Å². The average molecular weight is 329 g/mol. The van der Waals surface area contributed by atoms with Crippen molar-refractivity contribution in [1.29, 1.82) is 0 Å². The third-order valence-corrected chi connectivity index (χ3v) is 3.79. The van der Waals surface area contributed by atoms with Gasteiger partial charge in [-0.2, -0.15) is 0 Å². The fourth-order valence-corrected chi connectivity index (χ4v) is 2.39. The summed E-state index contributed by atoms with van der Waals surface area (Å²) in [5.41, 5.74) is 1.77. The highest BCUT2D eigenvalue weighted by atomic mass is 16.5. The van der Waals surface area contributed by atoms with Crippen molar-refractivity contribution in [1.82, 2.24) is 0 Å². The second kappa shape index (κ2) is 8.24. The molecule has 1 atom stereocenters. The van der Waals surface area contributed by atoms with Crippen molar-refractivity contribution in [2.24, 2.45) is 5.92 Å². The summed E-state index contributed by atoms with van der Waals surface area (Å²) in [6, 6.07) is 13.0. The molecule has 0 saturated carbocycles. The number of carbonyl (C=O) groups excluding carboxylic acids is 1. The molecule has 0 fully saturated rings. The van der Waals surface area contributed by atoms with Crippen molar-refractivity contribution in [3.8, 4) is 17.2 Å². The largest absolute Gasteiger partial charge is 0.497 e. The summed E-state index contributed by atoms with van der Waals surface area (Å²) < 4.78 is 15.6. The standard InChI is InChI=1S/C19H23NO4/c1-13(11-14-5-10-17(23-3)18(12-14)24-4)19(21)20-15-6-8-16(22-2)9-7-15/h5-10,12-13H,11H2,1-4H3,(H,20,21). The second-order valence-corrected chi connectivity index (χ2v) is 5.51. The van der Waals surface area contributed by atoms with Gasteiger partial charge in [0.2, 0.25) is 5.91 Å². The van der Waals surface area contributed by atoms with Crippen LogP contribution in [-0.4, -0.2) is 27.2 Å². The second-order valence-electron chi connectivity index (χ2n) is 5.51. The van der Waals surface area contributed by atoms with Crippen LogP contribution in [0, 0.1) is 5.92 Å². The van der Waals surface area contributed by atoms with Crippen LogP contribution in [0.1, 0.15) is 12.5 Å². The van der Waals surface area contributed by atoms with Crippen LogP contribution in [0.25, 0.3) is 0 Å². The van der Waals surface area contributed by atoms with Gasteiger partial charge in [-0.15, -0.1) is 0 Å². The van der Waals surface area contributed by atoms with Crippen LogP contribution >= 0.6 is 0 Å². The van der Waals surface area contributed by atoms with Crippen molar-refractivity contribution >= 4 is 11.6 Å². The first-order valence-corrected chi connectivity index (χ1v) is 7.73. The van der Waals surface area contributed by atoms with Gasteiger partial charge >= 0.3 is 0 Å². The van der Waals surface area contributed by atoms with Crippen molar-refractivity contribution in [3.05, 3.63) is 48.0 Å². The highest BCUT2D eigenvalue weighted by Gasteiger charge is 2.15. The van der Waals surface area contributed by atoms with Crippen molar-refractivity contribution in [3.63, 3.8) is 0 Å². The van der Waals surface area contributed by atoms with Crippen LogP contribution in [0.4, 0.5) is 5.69 Å². The van der Waals surface area contributed by atoms with E-state index in [1.165, 1.54) is 0 Å². The first-order chi connectivity index (χ1) is 11.6. The Balaban J connectivity index is 2.00. The van der Waals surface area contributed by atoms with Crippen molar-refractivity contribution < 1.29 is 19.0 Å². The summed E-state index contributed by atoms with van der Waals surface area (Å²) in [6.45, 7) is 1.90. The van der Waals surface area contributed by atoms with Gasteiger partial charge in [0, 0.05) is 11.6 Å². The van der Waals surface area contributed by atoms with E-state index < -0.39 is 0 Å². The van der Waals surface area contributed by atoms with E-state index in [1.54, 1.807) is 21.3 Å². The zero-order valence-electron chi connectivity index (χ0n) is 14.5.